The average molecular weight is 423 g/mol. The van der Waals surface area contributed by atoms with E-state index < -0.39 is 17.3 Å². The fourth-order valence-corrected chi connectivity index (χ4v) is 6.19. The summed E-state index contributed by atoms with van der Waals surface area (Å²) in [6.45, 7) is 2.27. The van der Waals surface area contributed by atoms with Crippen molar-refractivity contribution in [1.29, 1.82) is 0 Å². The summed E-state index contributed by atoms with van der Waals surface area (Å²) < 4.78 is 5.73. The fraction of sp³-hybridized carbons (Fsp3) is 0.222. The molecule has 5 heteroatoms. The summed E-state index contributed by atoms with van der Waals surface area (Å²) in [5, 5.41) is 0. The maximum Gasteiger partial charge on any atom is 0.239 e. The number of aldehydes is 1. The second-order valence-electron chi connectivity index (χ2n) is 8.56. The molecular formula is C27H21NO4. The molecule has 1 fully saturated rings. The van der Waals surface area contributed by atoms with E-state index >= 15 is 0 Å². The van der Waals surface area contributed by atoms with E-state index in [1.54, 1.807) is 18.2 Å². The lowest BCUT2D eigenvalue weighted by molar-refractivity contribution is -0.128. The van der Waals surface area contributed by atoms with Crippen LogP contribution in [0.15, 0.2) is 72.8 Å². The number of hydrogen-bond acceptors (Lipinski definition) is 4. The molecule has 1 heterocycles. The van der Waals surface area contributed by atoms with Gasteiger partial charge in [0.15, 0.2) is 0 Å². The molecular weight excluding hydrogens is 402 g/mol. The van der Waals surface area contributed by atoms with Gasteiger partial charge in [-0.25, -0.2) is 4.90 Å². The van der Waals surface area contributed by atoms with Gasteiger partial charge in [0.2, 0.25) is 11.8 Å². The summed E-state index contributed by atoms with van der Waals surface area (Å²) >= 11 is 0. The first-order chi connectivity index (χ1) is 15.6. The highest BCUT2D eigenvalue weighted by Crippen LogP contribution is 2.63. The molecule has 2 amide bonds. The highest BCUT2D eigenvalue weighted by molar-refractivity contribution is 6.25. The van der Waals surface area contributed by atoms with Crippen molar-refractivity contribution in [3.63, 3.8) is 0 Å². The molecule has 0 aromatic heterocycles. The van der Waals surface area contributed by atoms with E-state index in [1.807, 2.05) is 61.5 Å². The minimum absolute atomic E-state index is 0.269. The summed E-state index contributed by atoms with van der Waals surface area (Å²) in [5.41, 5.74) is 2.84. The zero-order valence-corrected chi connectivity index (χ0v) is 17.5. The van der Waals surface area contributed by atoms with Gasteiger partial charge in [-0.3, -0.25) is 9.59 Å². The van der Waals surface area contributed by atoms with Crippen molar-refractivity contribution in [3.05, 3.63) is 95.1 Å². The van der Waals surface area contributed by atoms with Crippen LogP contribution in [0.5, 0.6) is 5.75 Å². The molecule has 158 valence electrons. The minimum Gasteiger partial charge on any atom is -0.492 e. The van der Waals surface area contributed by atoms with Crippen LogP contribution in [-0.2, 0) is 19.8 Å². The summed E-state index contributed by atoms with van der Waals surface area (Å²) in [5.74, 6) is -1.81. The van der Waals surface area contributed by atoms with Gasteiger partial charge in [-0.15, -0.1) is 0 Å². The van der Waals surface area contributed by atoms with Crippen LogP contribution in [0.3, 0.4) is 0 Å². The van der Waals surface area contributed by atoms with Gasteiger partial charge in [0, 0.05) is 5.92 Å². The van der Waals surface area contributed by atoms with Gasteiger partial charge in [-0.2, -0.15) is 0 Å². The minimum atomic E-state index is -1.19. The Labute approximate surface area is 185 Å². The fourth-order valence-electron chi connectivity index (χ4n) is 6.19. The Balaban J connectivity index is 1.62. The number of ether oxygens (including phenoxy) is 1. The second-order valence-corrected chi connectivity index (χ2v) is 8.56. The number of benzene rings is 3. The highest BCUT2D eigenvalue weighted by atomic mass is 16.5. The van der Waals surface area contributed by atoms with Crippen molar-refractivity contribution in [3.8, 4) is 5.75 Å². The number of imide groups is 1. The van der Waals surface area contributed by atoms with Crippen LogP contribution in [0, 0.1) is 11.8 Å². The predicted molar refractivity (Wildman–Crippen MR) is 119 cm³/mol. The van der Waals surface area contributed by atoms with Crippen molar-refractivity contribution in [2.45, 2.75) is 18.3 Å². The predicted octanol–water partition coefficient (Wildman–Crippen LogP) is 3.84. The summed E-state index contributed by atoms with van der Waals surface area (Å²) in [7, 11) is 0. The van der Waals surface area contributed by atoms with Crippen LogP contribution in [0.4, 0.5) is 5.69 Å². The Bertz CT molecular complexity index is 1250. The van der Waals surface area contributed by atoms with Crippen LogP contribution in [0.2, 0.25) is 0 Å². The number of nitrogens with zero attached hydrogens (tertiary/aromatic N) is 1. The summed E-state index contributed by atoms with van der Waals surface area (Å²) in [6.07, 6.45) is 0.890. The van der Waals surface area contributed by atoms with E-state index in [9.17, 15) is 14.4 Å². The number of carbonyl (C=O) groups is 3. The lowest BCUT2D eigenvalue weighted by Gasteiger charge is -2.51. The average Bonchev–Trinajstić information content (AvgIpc) is 3.10. The van der Waals surface area contributed by atoms with E-state index in [4.69, 9.17) is 4.74 Å². The van der Waals surface area contributed by atoms with Crippen LogP contribution in [-0.4, -0.2) is 24.7 Å². The molecule has 0 saturated carbocycles. The molecule has 4 aliphatic rings. The van der Waals surface area contributed by atoms with Gasteiger partial charge in [-0.1, -0.05) is 60.7 Å². The van der Waals surface area contributed by atoms with Crippen molar-refractivity contribution < 1.29 is 19.1 Å². The third-order valence-corrected chi connectivity index (χ3v) is 7.28. The van der Waals surface area contributed by atoms with Gasteiger partial charge in [0.05, 0.1) is 29.5 Å². The molecule has 1 aliphatic heterocycles. The molecule has 2 bridgehead atoms. The third-order valence-electron chi connectivity index (χ3n) is 7.28. The van der Waals surface area contributed by atoms with E-state index in [1.165, 1.54) is 4.90 Å². The first-order valence-corrected chi connectivity index (χ1v) is 10.9. The molecule has 1 saturated heterocycles. The first kappa shape index (κ1) is 19.0. The Morgan fingerprint density at radius 1 is 0.875 bits per heavy atom. The maximum absolute atomic E-state index is 14.0. The number of carbonyl (C=O) groups excluding carboxylic acids is 3. The summed E-state index contributed by atoms with van der Waals surface area (Å²) in [4.78, 5) is 42.1. The maximum atomic E-state index is 14.0. The molecule has 3 aromatic rings. The molecule has 2 atom stereocenters. The molecule has 0 N–H and O–H groups in total. The topological polar surface area (TPSA) is 63.7 Å². The standard InChI is InChI=1S/C27H21NO4/c1-2-32-21-14-8-7-13-20(21)28-25(30)23-22-16-9-3-5-11-18(16)27(15-29,24(23)26(28)31)19-12-6-4-10-17(19)22/h3-15,22-24H,2H2,1H3/t22?,23-,24-,27?/m1/s1. The number of hydrogen-bond donors (Lipinski definition) is 0. The number of para-hydroxylation sites is 2. The molecule has 7 rings (SSSR count). The van der Waals surface area contributed by atoms with Crippen molar-refractivity contribution in [1.82, 2.24) is 0 Å². The molecule has 0 radical (unpaired) electrons. The molecule has 5 nitrogen and oxygen atoms in total. The molecule has 0 unspecified atom stereocenters. The van der Waals surface area contributed by atoms with Crippen molar-refractivity contribution in [2.75, 3.05) is 11.5 Å². The van der Waals surface area contributed by atoms with E-state index in [-0.39, 0.29) is 17.7 Å². The second kappa shape index (κ2) is 6.63. The van der Waals surface area contributed by atoms with Crippen molar-refractivity contribution in [2.24, 2.45) is 11.8 Å². The Morgan fingerprint density at radius 2 is 1.47 bits per heavy atom. The molecule has 0 spiro atoms. The Kier molecular flexibility index (Phi) is 3.94. The highest BCUT2D eigenvalue weighted by Gasteiger charge is 2.68. The SMILES string of the molecule is CCOc1ccccc1N1C(=O)[C@@H]2C3c4ccccc4C(C=O)(c4ccccc43)[C@H]2C1=O. The zero-order chi connectivity index (χ0) is 22.0. The largest absolute Gasteiger partial charge is 0.492 e. The van der Waals surface area contributed by atoms with Crippen LogP contribution >= 0.6 is 0 Å². The van der Waals surface area contributed by atoms with Gasteiger partial charge in [0.1, 0.15) is 12.0 Å². The molecule has 3 aliphatic carbocycles. The normalized spacial score (nSPS) is 27.0. The van der Waals surface area contributed by atoms with Gasteiger partial charge in [0.25, 0.3) is 0 Å². The number of amides is 2. The molecule has 3 aromatic carbocycles. The Hall–Kier alpha value is -3.73. The lowest BCUT2D eigenvalue weighted by atomic mass is 9.48. The van der Waals surface area contributed by atoms with E-state index in [2.05, 4.69) is 0 Å². The Morgan fingerprint density at radius 3 is 2.09 bits per heavy atom. The van der Waals surface area contributed by atoms with Crippen LogP contribution in [0.1, 0.15) is 35.1 Å². The zero-order valence-electron chi connectivity index (χ0n) is 17.5. The van der Waals surface area contributed by atoms with E-state index in [0.717, 1.165) is 28.5 Å². The third kappa shape index (κ3) is 2.11. The summed E-state index contributed by atoms with van der Waals surface area (Å²) in [6, 6.07) is 22.6. The number of rotatable bonds is 4. The van der Waals surface area contributed by atoms with E-state index in [0.29, 0.717) is 18.0 Å². The van der Waals surface area contributed by atoms with Crippen molar-refractivity contribution >= 4 is 23.8 Å². The quantitative estimate of drug-likeness (QED) is 0.473. The van der Waals surface area contributed by atoms with Gasteiger partial charge < -0.3 is 9.53 Å². The van der Waals surface area contributed by atoms with Crippen LogP contribution in [0.25, 0.3) is 0 Å². The smallest absolute Gasteiger partial charge is 0.239 e. The van der Waals surface area contributed by atoms with Gasteiger partial charge in [-0.05, 0) is 41.3 Å². The van der Waals surface area contributed by atoms with Crippen LogP contribution < -0.4 is 9.64 Å². The lowest BCUT2D eigenvalue weighted by Crippen LogP contribution is -2.54. The van der Waals surface area contributed by atoms with Gasteiger partial charge >= 0.3 is 0 Å². The molecule has 32 heavy (non-hydrogen) atoms. The first-order valence-electron chi connectivity index (χ1n) is 10.9. The number of anilines is 1. The monoisotopic (exact) mass is 423 g/mol.